The van der Waals surface area contributed by atoms with E-state index in [1.807, 2.05) is 0 Å². The van der Waals surface area contributed by atoms with Crippen LogP contribution in [0.2, 0.25) is 0 Å². The summed E-state index contributed by atoms with van der Waals surface area (Å²) >= 11 is 0. The molecule has 0 heterocycles. The molecule has 0 nitrogen and oxygen atoms in total. The summed E-state index contributed by atoms with van der Waals surface area (Å²) in [6.45, 7) is 15.2. The molecule has 0 N–H and O–H groups in total. The Morgan fingerprint density at radius 1 is 1.00 bits per heavy atom. The molecule has 0 unspecified atom stereocenters. The number of rotatable bonds is 0. The Labute approximate surface area is 115 Å². The summed E-state index contributed by atoms with van der Waals surface area (Å²) in [5.41, 5.74) is 0.542. The molecule has 73 valence electrons. The molecule has 0 fully saturated rings. The zero-order valence-corrected chi connectivity index (χ0v) is 15.2. The van der Waals surface area contributed by atoms with Gasteiger partial charge in [-0.05, 0) is 5.41 Å². The predicted molar refractivity (Wildman–Crippen MR) is 50.0 cm³/mol. The largest absolute Gasteiger partial charge is 0.323 e. The zero-order chi connectivity index (χ0) is 8.78. The number of hydrogen-bond donors (Lipinski definition) is 0. The zero-order valence-electron chi connectivity index (χ0n) is 9.65. The molecular weight excluding hydrogens is 409 g/mol. The molecule has 12 heavy (non-hydrogen) atoms. The van der Waals surface area contributed by atoms with Crippen molar-refractivity contribution < 1.29 is 49.7 Å². The quantitative estimate of drug-likeness (QED) is 0.507. The van der Waals surface area contributed by atoms with Gasteiger partial charge in [0.1, 0.15) is 0 Å². The Hall–Kier alpha value is 1.64. The SMILES string of the molecule is CCC(C)(C)C.C[C-](C)C.[U].[V]. The molecule has 1 radical (unpaired) electrons. The Morgan fingerprint density at radius 3 is 1.08 bits per heavy atom. The van der Waals surface area contributed by atoms with E-state index in [1.54, 1.807) is 0 Å². The Bertz CT molecular complexity index is 62.0. The van der Waals surface area contributed by atoms with Gasteiger partial charge in [0.15, 0.2) is 0 Å². The van der Waals surface area contributed by atoms with Gasteiger partial charge in [-0.25, -0.2) is 0 Å². The molecule has 0 rings (SSSR count). The van der Waals surface area contributed by atoms with E-state index in [1.165, 1.54) is 12.3 Å². The van der Waals surface area contributed by atoms with E-state index < -0.39 is 0 Å². The Morgan fingerprint density at radius 2 is 1.08 bits per heavy atom. The molecule has 0 aliphatic rings. The maximum Gasteiger partial charge on any atom is 0 e. The summed E-state index contributed by atoms with van der Waals surface area (Å²) in [6.07, 6.45) is 1.27. The van der Waals surface area contributed by atoms with Gasteiger partial charge < -0.3 is 5.92 Å². The van der Waals surface area contributed by atoms with Crippen molar-refractivity contribution in [2.45, 2.75) is 54.9 Å². The fourth-order valence-electron chi connectivity index (χ4n) is 0. The first-order valence-electron chi connectivity index (χ1n) is 4.06. The van der Waals surface area contributed by atoms with Gasteiger partial charge in [-0.2, -0.15) is 20.8 Å². The minimum absolute atomic E-state index is 0. The van der Waals surface area contributed by atoms with Crippen LogP contribution in [0.25, 0.3) is 0 Å². The van der Waals surface area contributed by atoms with Crippen molar-refractivity contribution in [3.8, 4) is 0 Å². The van der Waals surface area contributed by atoms with Crippen molar-refractivity contribution in [3.63, 3.8) is 0 Å². The first-order valence-corrected chi connectivity index (χ1v) is 4.06. The second-order valence-corrected chi connectivity index (χ2v) is 4.41. The van der Waals surface area contributed by atoms with Crippen LogP contribution >= 0.6 is 0 Å². The molecular formula is C10H23UV-. The fraction of sp³-hybridized carbons (Fsp3) is 0.900. The van der Waals surface area contributed by atoms with Crippen molar-refractivity contribution in [1.29, 1.82) is 0 Å². The van der Waals surface area contributed by atoms with Crippen molar-refractivity contribution in [2.75, 3.05) is 0 Å². The average molecular weight is 432 g/mol. The second-order valence-electron chi connectivity index (χ2n) is 4.41. The van der Waals surface area contributed by atoms with E-state index >= 15 is 0 Å². The summed E-state index contributed by atoms with van der Waals surface area (Å²) in [5, 5.41) is 0. The molecule has 0 atom stereocenters. The normalized spacial score (nSPS) is 9.00. The van der Waals surface area contributed by atoms with E-state index in [9.17, 15) is 0 Å². The molecule has 0 saturated heterocycles. The molecule has 0 aliphatic carbocycles. The van der Waals surface area contributed by atoms with E-state index in [4.69, 9.17) is 0 Å². The summed E-state index contributed by atoms with van der Waals surface area (Å²) in [5.74, 6) is 1.42. The van der Waals surface area contributed by atoms with E-state index in [2.05, 4.69) is 48.5 Å². The van der Waals surface area contributed by atoms with Crippen LogP contribution in [0.4, 0.5) is 0 Å². The van der Waals surface area contributed by atoms with Gasteiger partial charge in [-0.1, -0.05) is 34.1 Å². The maximum absolute atomic E-state index is 2.24. The van der Waals surface area contributed by atoms with Crippen LogP contribution in [-0.2, 0) is 18.6 Å². The van der Waals surface area contributed by atoms with Crippen LogP contribution < -0.4 is 0 Å². The third-order valence-electron chi connectivity index (χ3n) is 1.06. The molecule has 0 aromatic carbocycles. The van der Waals surface area contributed by atoms with Crippen molar-refractivity contribution >= 4 is 0 Å². The van der Waals surface area contributed by atoms with Gasteiger partial charge in [0.2, 0.25) is 0 Å². The van der Waals surface area contributed by atoms with Crippen molar-refractivity contribution in [2.24, 2.45) is 5.41 Å². The smallest absolute Gasteiger partial charge is 0 e. The minimum atomic E-state index is 0. The van der Waals surface area contributed by atoms with E-state index in [0.29, 0.717) is 5.41 Å². The molecule has 0 saturated carbocycles. The fourth-order valence-corrected chi connectivity index (χ4v) is 0. The van der Waals surface area contributed by atoms with Crippen LogP contribution in [0.5, 0.6) is 0 Å². The van der Waals surface area contributed by atoms with Crippen molar-refractivity contribution in [1.82, 2.24) is 0 Å². The third-order valence-corrected chi connectivity index (χ3v) is 1.06. The summed E-state index contributed by atoms with van der Waals surface area (Å²) in [4.78, 5) is 0. The standard InChI is InChI=1S/C6H14.C4H9.U.V/c1-5-6(2,3)4;1-4(2)3;;/h5H2,1-4H3;1-3H3;;/q;-1;;. The van der Waals surface area contributed by atoms with Gasteiger partial charge in [0.05, 0.1) is 0 Å². The summed E-state index contributed by atoms with van der Waals surface area (Å²) in [6, 6.07) is 0. The first-order chi connectivity index (χ1) is 4.29. The molecule has 2 heteroatoms. The molecule has 0 aromatic rings. The summed E-state index contributed by atoms with van der Waals surface area (Å²) in [7, 11) is 0. The summed E-state index contributed by atoms with van der Waals surface area (Å²) < 4.78 is 0. The predicted octanol–water partition coefficient (Wildman–Crippen LogP) is 4.06. The number of hydrogen-bond acceptors (Lipinski definition) is 0. The molecule has 0 bridgehead atoms. The Balaban J connectivity index is -0.0000000483. The third kappa shape index (κ3) is 61.2. The molecule has 0 aliphatic heterocycles. The van der Waals surface area contributed by atoms with E-state index in [0.717, 1.165) is 0 Å². The van der Waals surface area contributed by atoms with Gasteiger partial charge in [0, 0.05) is 49.7 Å². The van der Waals surface area contributed by atoms with Gasteiger partial charge in [-0.15, -0.1) is 0 Å². The Kier molecular flexibility index (Phi) is 24.7. The van der Waals surface area contributed by atoms with Crippen LogP contribution in [-0.4, -0.2) is 0 Å². The van der Waals surface area contributed by atoms with Crippen molar-refractivity contribution in [3.05, 3.63) is 5.92 Å². The van der Waals surface area contributed by atoms with Crippen LogP contribution in [0.3, 0.4) is 0 Å². The second kappa shape index (κ2) is 12.6. The molecule has 0 amide bonds. The average Bonchev–Trinajstić information content (AvgIpc) is 1.63. The minimum Gasteiger partial charge on any atom is -0.323 e. The van der Waals surface area contributed by atoms with Crippen LogP contribution in [0.15, 0.2) is 0 Å². The molecule has 0 spiro atoms. The van der Waals surface area contributed by atoms with Gasteiger partial charge in [-0.3, -0.25) is 0 Å². The van der Waals surface area contributed by atoms with Crippen LogP contribution in [0.1, 0.15) is 54.9 Å². The monoisotopic (exact) mass is 432 g/mol. The first kappa shape index (κ1) is 23.4. The van der Waals surface area contributed by atoms with E-state index in [-0.39, 0.29) is 49.7 Å². The maximum atomic E-state index is 2.24. The van der Waals surface area contributed by atoms with Crippen LogP contribution in [0, 0.1) is 42.4 Å². The topological polar surface area (TPSA) is 0 Å². The van der Waals surface area contributed by atoms with Gasteiger partial charge >= 0.3 is 0 Å². The van der Waals surface area contributed by atoms with Gasteiger partial charge in [0.25, 0.3) is 0 Å². The molecule has 0 aromatic heterocycles.